The van der Waals surface area contributed by atoms with Gasteiger partial charge < -0.3 is 10.6 Å². The van der Waals surface area contributed by atoms with Crippen molar-refractivity contribution in [1.82, 2.24) is 5.32 Å². The van der Waals surface area contributed by atoms with E-state index in [2.05, 4.69) is 75.6 Å². The van der Waals surface area contributed by atoms with Gasteiger partial charge in [-0.05, 0) is 67.7 Å². The summed E-state index contributed by atoms with van der Waals surface area (Å²) in [5, 5.41) is 7.43. The highest BCUT2D eigenvalue weighted by molar-refractivity contribution is 7.80. The molecule has 0 saturated heterocycles. The van der Waals surface area contributed by atoms with E-state index in [0.717, 1.165) is 5.69 Å². The zero-order valence-electron chi connectivity index (χ0n) is 14.6. The van der Waals surface area contributed by atoms with E-state index in [0.29, 0.717) is 11.0 Å². The smallest absolute Gasteiger partial charge is 0.171 e. The highest BCUT2D eigenvalue weighted by Crippen LogP contribution is 2.25. The number of thiocarbonyl (C=S) groups is 1. The van der Waals surface area contributed by atoms with Crippen LogP contribution in [0.1, 0.15) is 42.1 Å². The summed E-state index contributed by atoms with van der Waals surface area (Å²) in [6.07, 6.45) is 0. The molecular weight excluding hydrogens is 300 g/mol. The van der Waals surface area contributed by atoms with Gasteiger partial charge in [0.05, 0.1) is 6.04 Å². The minimum absolute atomic E-state index is 0.195. The standard InChI is InChI=1S/C20H26N2S/c1-13(2)19(18-10-9-15(4)11-16(18)5)22-20(23)21-17-8-6-7-14(3)12-17/h6-13,19H,1-5H3,(H2,21,22,23)/t19-/m0/s1. The minimum Gasteiger partial charge on any atom is -0.355 e. The summed E-state index contributed by atoms with van der Waals surface area (Å²) in [5.74, 6) is 0.439. The Morgan fingerprint density at radius 1 is 0.957 bits per heavy atom. The molecule has 0 aliphatic rings. The van der Waals surface area contributed by atoms with E-state index in [-0.39, 0.29) is 6.04 Å². The molecule has 2 nitrogen and oxygen atoms in total. The second-order valence-corrected chi connectivity index (χ2v) is 6.96. The number of hydrogen-bond acceptors (Lipinski definition) is 1. The van der Waals surface area contributed by atoms with Gasteiger partial charge in [0, 0.05) is 5.69 Å². The molecule has 2 N–H and O–H groups in total. The fourth-order valence-corrected chi connectivity index (χ4v) is 3.05. The third kappa shape index (κ3) is 4.80. The fourth-order valence-electron chi connectivity index (χ4n) is 2.81. The molecule has 0 bridgehead atoms. The van der Waals surface area contributed by atoms with Gasteiger partial charge in [0.1, 0.15) is 0 Å². The van der Waals surface area contributed by atoms with E-state index in [1.807, 2.05) is 12.1 Å². The first-order chi connectivity index (χ1) is 10.9. The second-order valence-electron chi connectivity index (χ2n) is 6.55. The Kier molecular flexibility index (Phi) is 5.78. The largest absolute Gasteiger partial charge is 0.355 e. The van der Waals surface area contributed by atoms with Crippen molar-refractivity contribution in [2.24, 2.45) is 5.92 Å². The van der Waals surface area contributed by atoms with E-state index in [9.17, 15) is 0 Å². The van der Waals surface area contributed by atoms with E-state index in [4.69, 9.17) is 12.2 Å². The monoisotopic (exact) mass is 326 g/mol. The van der Waals surface area contributed by atoms with E-state index < -0.39 is 0 Å². The first kappa shape index (κ1) is 17.5. The lowest BCUT2D eigenvalue weighted by atomic mass is 9.92. The molecular formula is C20H26N2S. The molecule has 122 valence electrons. The van der Waals surface area contributed by atoms with Crippen LogP contribution in [0.5, 0.6) is 0 Å². The molecule has 0 spiro atoms. The maximum absolute atomic E-state index is 5.52. The maximum Gasteiger partial charge on any atom is 0.171 e. The number of nitrogens with one attached hydrogen (secondary N) is 2. The summed E-state index contributed by atoms with van der Waals surface area (Å²) in [4.78, 5) is 0. The summed E-state index contributed by atoms with van der Waals surface area (Å²) in [5.41, 5.74) is 6.13. The average molecular weight is 327 g/mol. The molecule has 0 unspecified atom stereocenters. The van der Waals surface area contributed by atoms with Crippen LogP contribution in [0.4, 0.5) is 5.69 Å². The Bertz CT molecular complexity index is 692. The molecule has 0 aliphatic heterocycles. The zero-order valence-corrected chi connectivity index (χ0v) is 15.4. The third-order valence-electron chi connectivity index (χ3n) is 3.99. The molecule has 0 aromatic heterocycles. The minimum atomic E-state index is 0.195. The molecule has 0 heterocycles. The van der Waals surface area contributed by atoms with Crippen LogP contribution in [0.2, 0.25) is 0 Å². The topological polar surface area (TPSA) is 24.1 Å². The van der Waals surface area contributed by atoms with Crippen molar-refractivity contribution in [3.05, 3.63) is 64.7 Å². The predicted octanol–water partition coefficient (Wildman–Crippen LogP) is 5.30. The van der Waals surface area contributed by atoms with Crippen LogP contribution in [-0.4, -0.2) is 5.11 Å². The normalized spacial score (nSPS) is 12.1. The van der Waals surface area contributed by atoms with E-state index >= 15 is 0 Å². The molecule has 0 amide bonds. The average Bonchev–Trinajstić information content (AvgIpc) is 2.45. The van der Waals surface area contributed by atoms with Gasteiger partial charge >= 0.3 is 0 Å². The van der Waals surface area contributed by atoms with Crippen molar-refractivity contribution >= 4 is 23.0 Å². The highest BCUT2D eigenvalue weighted by Gasteiger charge is 2.18. The van der Waals surface area contributed by atoms with Crippen molar-refractivity contribution in [1.29, 1.82) is 0 Å². The van der Waals surface area contributed by atoms with Gasteiger partial charge in [0.15, 0.2) is 5.11 Å². The van der Waals surface area contributed by atoms with Crippen LogP contribution in [0.15, 0.2) is 42.5 Å². The van der Waals surface area contributed by atoms with Gasteiger partial charge in [-0.2, -0.15) is 0 Å². The van der Waals surface area contributed by atoms with Gasteiger partial charge in [0.25, 0.3) is 0 Å². The highest BCUT2D eigenvalue weighted by atomic mass is 32.1. The van der Waals surface area contributed by atoms with Gasteiger partial charge in [-0.3, -0.25) is 0 Å². The second kappa shape index (κ2) is 7.60. The van der Waals surface area contributed by atoms with Crippen LogP contribution in [-0.2, 0) is 0 Å². The van der Waals surface area contributed by atoms with Gasteiger partial charge in [0.2, 0.25) is 0 Å². The van der Waals surface area contributed by atoms with Crippen molar-refractivity contribution in [2.75, 3.05) is 5.32 Å². The molecule has 2 rings (SSSR count). The van der Waals surface area contributed by atoms with Crippen LogP contribution in [0.3, 0.4) is 0 Å². The molecule has 0 saturated carbocycles. The summed E-state index contributed by atoms with van der Waals surface area (Å²) < 4.78 is 0. The number of hydrogen-bond donors (Lipinski definition) is 2. The van der Waals surface area contributed by atoms with Crippen LogP contribution >= 0.6 is 12.2 Å². The summed E-state index contributed by atoms with van der Waals surface area (Å²) in [6.45, 7) is 10.8. The van der Waals surface area contributed by atoms with E-state index in [1.54, 1.807) is 0 Å². The van der Waals surface area contributed by atoms with Gasteiger partial charge in [-0.15, -0.1) is 0 Å². The van der Waals surface area contributed by atoms with E-state index in [1.165, 1.54) is 22.3 Å². The van der Waals surface area contributed by atoms with Crippen molar-refractivity contribution in [2.45, 2.75) is 40.7 Å². The molecule has 2 aromatic rings. The van der Waals surface area contributed by atoms with Crippen molar-refractivity contribution in [3.8, 4) is 0 Å². The number of anilines is 1. The number of aryl methyl sites for hydroxylation is 3. The first-order valence-corrected chi connectivity index (χ1v) is 8.49. The summed E-state index contributed by atoms with van der Waals surface area (Å²) in [7, 11) is 0. The lowest BCUT2D eigenvalue weighted by Crippen LogP contribution is -2.35. The molecule has 3 heteroatoms. The maximum atomic E-state index is 5.52. The molecule has 0 aliphatic carbocycles. The molecule has 1 atom stereocenters. The number of benzene rings is 2. The Labute approximate surface area is 145 Å². The molecule has 2 aromatic carbocycles. The van der Waals surface area contributed by atoms with Gasteiger partial charge in [-0.25, -0.2) is 0 Å². The molecule has 23 heavy (non-hydrogen) atoms. The van der Waals surface area contributed by atoms with Gasteiger partial charge in [-0.1, -0.05) is 49.7 Å². The van der Waals surface area contributed by atoms with Crippen LogP contribution in [0.25, 0.3) is 0 Å². The number of rotatable bonds is 4. The first-order valence-electron chi connectivity index (χ1n) is 8.08. The lowest BCUT2D eigenvalue weighted by Gasteiger charge is -2.26. The third-order valence-corrected chi connectivity index (χ3v) is 4.21. The van der Waals surface area contributed by atoms with Crippen LogP contribution < -0.4 is 10.6 Å². The Morgan fingerprint density at radius 3 is 2.26 bits per heavy atom. The summed E-state index contributed by atoms with van der Waals surface area (Å²) >= 11 is 5.52. The Morgan fingerprint density at radius 2 is 1.65 bits per heavy atom. The Balaban J connectivity index is 2.14. The fraction of sp³-hybridized carbons (Fsp3) is 0.350. The van der Waals surface area contributed by atoms with Crippen LogP contribution in [0, 0.1) is 26.7 Å². The quantitative estimate of drug-likeness (QED) is 0.746. The lowest BCUT2D eigenvalue weighted by molar-refractivity contribution is 0.471. The summed E-state index contributed by atoms with van der Waals surface area (Å²) in [6, 6.07) is 15.0. The SMILES string of the molecule is Cc1cccc(NC(=S)N[C@H](c2ccc(C)cc2C)C(C)C)c1. The molecule has 0 radical (unpaired) electrons. The Hall–Kier alpha value is -1.87. The van der Waals surface area contributed by atoms with Crippen molar-refractivity contribution in [3.63, 3.8) is 0 Å². The zero-order chi connectivity index (χ0) is 17.0. The molecule has 0 fully saturated rings. The van der Waals surface area contributed by atoms with Crippen molar-refractivity contribution < 1.29 is 0 Å². The predicted molar refractivity (Wildman–Crippen MR) is 104 cm³/mol.